The number of fused-ring (bicyclic) bond motifs is 2. The van der Waals surface area contributed by atoms with E-state index < -0.39 is 10.5 Å². The number of halogens is 1. The third kappa shape index (κ3) is 6.02. The molecule has 43 heavy (non-hydrogen) atoms. The Balaban J connectivity index is 1.48. The molecule has 0 fully saturated rings. The first-order valence-corrected chi connectivity index (χ1v) is 15.0. The van der Waals surface area contributed by atoms with Crippen molar-refractivity contribution in [3.8, 4) is 5.75 Å². The molecule has 4 aromatic carbocycles. The van der Waals surface area contributed by atoms with Crippen molar-refractivity contribution in [1.82, 2.24) is 0 Å². The van der Waals surface area contributed by atoms with Gasteiger partial charge in [0.15, 0.2) is 18.0 Å². The topological polar surface area (TPSA) is 112 Å². The summed E-state index contributed by atoms with van der Waals surface area (Å²) >= 11 is 4.99. The Morgan fingerprint density at radius 1 is 1.07 bits per heavy atom. The zero-order valence-electron chi connectivity index (χ0n) is 22.8. The molecule has 10 heteroatoms. The summed E-state index contributed by atoms with van der Waals surface area (Å²) in [5.74, 6) is 0.147. The zero-order chi connectivity index (χ0) is 30.1. The van der Waals surface area contributed by atoms with E-state index in [1.165, 1.54) is 18.2 Å². The van der Waals surface area contributed by atoms with Crippen LogP contribution in [0.1, 0.15) is 38.7 Å². The van der Waals surface area contributed by atoms with E-state index in [2.05, 4.69) is 15.9 Å². The molecule has 6 rings (SSSR count). The van der Waals surface area contributed by atoms with Crippen LogP contribution >= 0.6 is 27.7 Å². The van der Waals surface area contributed by atoms with Gasteiger partial charge in [-0.05, 0) is 54.4 Å². The van der Waals surface area contributed by atoms with Crippen LogP contribution in [0.4, 0.5) is 11.4 Å². The van der Waals surface area contributed by atoms with Crippen LogP contribution in [-0.4, -0.2) is 23.0 Å². The van der Waals surface area contributed by atoms with Crippen molar-refractivity contribution in [2.24, 2.45) is 4.99 Å². The fraction of sp³-hybridized carbons (Fsp3) is 0.121. The second-order valence-electron chi connectivity index (χ2n) is 9.97. The minimum Gasteiger partial charge on any atom is -0.485 e. The number of aryl methyl sites for hydroxylation is 1. The number of ether oxygens (including phenoxy) is 1. The maximum absolute atomic E-state index is 13.0. The second-order valence-corrected chi connectivity index (χ2v) is 12.1. The highest BCUT2D eigenvalue weighted by Crippen LogP contribution is 2.47. The van der Waals surface area contributed by atoms with E-state index in [0.717, 1.165) is 31.6 Å². The minimum atomic E-state index is -0.509. The number of thioether (sulfide) groups is 1. The van der Waals surface area contributed by atoms with E-state index in [9.17, 15) is 19.7 Å². The Hall–Kier alpha value is -4.54. The largest absolute Gasteiger partial charge is 0.485 e. The number of carbonyl (C=O) groups excluding carboxylic acids is 1. The lowest BCUT2D eigenvalue weighted by atomic mass is 9.97. The molecule has 1 atom stereocenters. The average Bonchev–Trinajstić information content (AvgIpc) is 3.19. The number of non-ortho nitro benzene ring substituents is 1. The van der Waals surface area contributed by atoms with Gasteiger partial charge in [-0.2, -0.15) is 0 Å². The number of ketones is 1. The van der Waals surface area contributed by atoms with Gasteiger partial charge in [0.2, 0.25) is 0 Å². The predicted octanol–water partition coefficient (Wildman–Crippen LogP) is 8.39. The first-order valence-electron chi connectivity index (χ1n) is 13.3. The van der Waals surface area contributed by atoms with Crippen LogP contribution in [0, 0.1) is 17.0 Å². The monoisotopic (exact) mass is 654 g/mol. The number of nitro groups is 1. The maximum atomic E-state index is 13.0. The highest BCUT2D eigenvalue weighted by Gasteiger charge is 2.27. The Morgan fingerprint density at radius 3 is 2.56 bits per heavy atom. The number of Topliss-reactive ketones (excluding diaryl/α,β-unsaturated/α-hetero) is 1. The Labute approximate surface area is 258 Å². The van der Waals surface area contributed by atoms with Crippen LogP contribution in [0.15, 0.2) is 115 Å². The molecule has 0 spiro atoms. The van der Waals surface area contributed by atoms with Crippen LogP contribution in [0.25, 0.3) is 11.0 Å². The summed E-state index contributed by atoms with van der Waals surface area (Å²) < 4.78 is 12.8. The van der Waals surface area contributed by atoms with Crippen molar-refractivity contribution < 1.29 is 18.9 Å². The molecule has 2 heterocycles. The molecule has 0 aliphatic carbocycles. The molecule has 0 bridgehead atoms. The third-order valence-electron chi connectivity index (χ3n) is 7.14. The van der Waals surface area contributed by atoms with Gasteiger partial charge in [-0.15, -0.1) is 11.8 Å². The van der Waals surface area contributed by atoms with Gasteiger partial charge in [-0.3, -0.25) is 19.9 Å². The van der Waals surface area contributed by atoms with Gasteiger partial charge in [-0.25, -0.2) is 4.79 Å². The lowest BCUT2D eigenvalue weighted by Gasteiger charge is -2.19. The number of rotatable bonds is 7. The predicted molar refractivity (Wildman–Crippen MR) is 170 cm³/mol. The quantitative estimate of drug-likeness (QED) is 0.0749. The van der Waals surface area contributed by atoms with Gasteiger partial charge < -0.3 is 9.15 Å². The van der Waals surface area contributed by atoms with Crippen LogP contribution in [0.5, 0.6) is 5.75 Å². The van der Waals surface area contributed by atoms with Crippen LogP contribution in [0.2, 0.25) is 0 Å². The van der Waals surface area contributed by atoms with Crippen molar-refractivity contribution in [1.29, 1.82) is 0 Å². The summed E-state index contributed by atoms with van der Waals surface area (Å²) in [4.78, 5) is 42.5. The van der Waals surface area contributed by atoms with E-state index in [1.54, 1.807) is 54.2 Å². The maximum Gasteiger partial charge on any atom is 0.336 e. The van der Waals surface area contributed by atoms with Gasteiger partial charge in [0.05, 0.1) is 21.9 Å². The molecule has 0 amide bonds. The van der Waals surface area contributed by atoms with Gasteiger partial charge in [0.1, 0.15) is 5.75 Å². The van der Waals surface area contributed by atoms with E-state index in [1.807, 2.05) is 37.3 Å². The summed E-state index contributed by atoms with van der Waals surface area (Å²) in [6.07, 6.45) is 0.394. The average molecular weight is 656 g/mol. The highest BCUT2D eigenvalue weighted by atomic mass is 79.9. The Bertz CT molecular complexity index is 1970. The number of nitro benzene ring substituents is 1. The molecular formula is C33H23BrN2O6S. The first-order chi connectivity index (χ1) is 20.8. The van der Waals surface area contributed by atoms with Crippen LogP contribution < -0.4 is 10.4 Å². The third-order valence-corrected chi connectivity index (χ3v) is 8.99. The smallest absolute Gasteiger partial charge is 0.336 e. The van der Waals surface area contributed by atoms with Crippen molar-refractivity contribution in [2.75, 3.05) is 6.61 Å². The van der Waals surface area contributed by atoms with Crippen molar-refractivity contribution in [3.63, 3.8) is 0 Å². The van der Waals surface area contributed by atoms with Crippen LogP contribution in [-0.2, 0) is 0 Å². The summed E-state index contributed by atoms with van der Waals surface area (Å²) in [6, 6.07) is 26.2. The first kappa shape index (κ1) is 28.6. The molecule has 5 aromatic rings. The van der Waals surface area contributed by atoms with Crippen molar-refractivity contribution in [2.45, 2.75) is 23.5 Å². The standard InChI is InChI=1S/C33H23BrN2O6S/c1-19-16-31(38)42-33-24(19)14-15-28(41-18-27(37)20-6-10-22(34)11-7-20)32(33)26-17-30(21-8-12-23(13-9-21)36(39)40)43-29-5-3-2-4-25(29)35-26/h2-16,30H,17-18H2,1H3/t30-/m0/s1. The lowest BCUT2D eigenvalue weighted by molar-refractivity contribution is -0.384. The lowest BCUT2D eigenvalue weighted by Crippen LogP contribution is -2.15. The molecular weight excluding hydrogens is 632 g/mol. The Morgan fingerprint density at radius 2 is 1.81 bits per heavy atom. The molecule has 8 nitrogen and oxygen atoms in total. The van der Waals surface area contributed by atoms with Gasteiger partial charge >= 0.3 is 5.63 Å². The second kappa shape index (κ2) is 12.0. The van der Waals surface area contributed by atoms with Crippen molar-refractivity contribution >= 4 is 61.5 Å². The molecule has 0 saturated carbocycles. The normalized spacial score (nSPS) is 14.5. The molecule has 214 valence electrons. The minimum absolute atomic E-state index is 0.00842. The molecule has 1 aliphatic heterocycles. The van der Waals surface area contributed by atoms with E-state index in [-0.39, 0.29) is 23.3 Å². The summed E-state index contributed by atoms with van der Waals surface area (Å²) in [5.41, 5.74) is 3.77. The summed E-state index contributed by atoms with van der Waals surface area (Å²) in [5, 5.41) is 11.8. The summed E-state index contributed by atoms with van der Waals surface area (Å²) in [6.45, 7) is 1.60. The van der Waals surface area contributed by atoms with E-state index in [0.29, 0.717) is 34.6 Å². The molecule has 1 aliphatic rings. The number of benzene rings is 4. The molecule has 0 radical (unpaired) electrons. The number of aliphatic imine (C=N–C) groups is 1. The fourth-order valence-corrected chi connectivity index (χ4v) is 6.48. The SMILES string of the molecule is Cc1cc(=O)oc2c(C3=Nc4ccccc4S[C@H](c4ccc([N+](=O)[O-])cc4)C3)c(OCC(=O)c3ccc(Br)cc3)ccc12. The number of hydrogen-bond acceptors (Lipinski definition) is 8. The number of para-hydroxylation sites is 1. The summed E-state index contributed by atoms with van der Waals surface area (Å²) in [7, 11) is 0. The zero-order valence-corrected chi connectivity index (χ0v) is 25.2. The molecule has 0 N–H and O–H groups in total. The molecule has 1 aromatic heterocycles. The van der Waals surface area contributed by atoms with E-state index >= 15 is 0 Å². The molecule has 0 saturated heterocycles. The van der Waals surface area contributed by atoms with Crippen LogP contribution in [0.3, 0.4) is 0 Å². The number of hydrogen-bond donors (Lipinski definition) is 0. The van der Waals surface area contributed by atoms with Gasteiger partial charge in [0, 0.05) is 50.2 Å². The number of carbonyl (C=O) groups is 1. The van der Waals surface area contributed by atoms with Crippen molar-refractivity contribution in [3.05, 3.63) is 138 Å². The molecule has 0 unspecified atom stereocenters. The highest BCUT2D eigenvalue weighted by molar-refractivity contribution is 9.10. The van der Waals surface area contributed by atoms with Gasteiger partial charge in [0.25, 0.3) is 5.69 Å². The van der Waals surface area contributed by atoms with E-state index in [4.69, 9.17) is 14.1 Å². The fourth-order valence-electron chi connectivity index (χ4n) is 4.99. The number of nitrogens with zero attached hydrogens (tertiary/aromatic N) is 2. The van der Waals surface area contributed by atoms with Gasteiger partial charge in [-0.1, -0.05) is 52.3 Å². The Kier molecular flexibility index (Phi) is 7.96.